The number of ether oxygens (including phenoxy) is 2. The Morgan fingerprint density at radius 2 is 1.92 bits per heavy atom. The van der Waals surface area contributed by atoms with Crippen LogP contribution >= 0.6 is 0 Å². The van der Waals surface area contributed by atoms with Crippen LogP contribution in [-0.2, 0) is 4.79 Å². The minimum atomic E-state index is -0.445. The first-order chi connectivity index (χ1) is 11.8. The zero-order valence-corrected chi connectivity index (χ0v) is 12.7. The average molecular weight is 318 g/mol. The lowest BCUT2D eigenvalue weighted by Gasteiger charge is -2.02. The number of para-hydroxylation sites is 1. The van der Waals surface area contributed by atoms with Gasteiger partial charge in [-0.1, -0.05) is 36.4 Å². The highest BCUT2D eigenvalue weighted by Gasteiger charge is 2.12. The molecule has 1 aliphatic heterocycles. The maximum atomic E-state index is 12.1. The molecule has 0 bridgehead atoms. The smallest absolute Gasteiger partial charge is 0.266 e. The number of hydrogen-bond donors (Lipinski definition) is 1. The molecule has 2 aromatic rings. The largest absolute Gasteiger partial charge is 0.454 e. The van der Waals surface area contributed by atoms with Crippen LogP contribution in [0.3, 0.4) is 0 Å². The highest BCUT2D eigenvalue weighted by molar-refractivity contribution is 6.06. The molecule has 0 fully saturated rings. The molecular formula is C19H14N2O3. The van der Waals surface area contributed by atoms with Crippen molar-refractivity contribution in [1.29, 1.82) is 5.26 Å². The van der Waals surface area contributed by atoms with Crippen molar-refractivity contribution in [2.75, 3.05) is 12.1 Å². The van der Waals surface area contributed by atoms with Crippen LogP contribution in [0.5, 0.6) is 11.5 Å². The molecule has 1 N–H and O–H groups in total. The number of anilines is 1. The van der Waals surface area contributed by atoms with Crippen LogP contribution in [0.25, 0.3) is 6.08 Å². The summed E-state index contributed by atoms with van der Waals surface area (Å²) in [6.07, 6.45) is 4.92. The number of carbonyl (C=O) groups is 1. The van der Waals surface area contributed by atoms with E-state index in [0.29, 0.717) is 17.2 Å². The third-order valence-corrected chi connectivity index (χ3v) is 3.34. The summed E-state index contributed by atoms with van der Waals surface area (Å²) in [5.74, 6) is 0.949. The van der Waals surface area contributed by atoms with Crippen LogP contribution in [-0.4, -0.2) is 12.7 Å². The van der Waals surface area contributed by atoms with E-state index < -0.39 is 5.91 Å². The quantitative estimate of drug-likeness (QED) is 0.532. The summed E-state index contributed by atoms with van der Waals surface area (Å²) in [6.45, 7) is 0.223. The van der Waals surface area contributed by atoms with Crippen molar-refractivity contribution in [2.45, 2.75) is 0 Å². The molecule has 0 atom stereocenters. The van der Waals surface area contributed by atoms with Gasteiger partial charge in [-0.05, 0) is 35.9 Å². The van der Waals surface area contributed by atoms with E-state index in [-0.39, 0.29) is 12.4 Å². The SMILES string of the molecule is N#C/C(=C\C=C\c1ccc2c(c1)OCO2)C(=O)Nc1ccccc1. The molecule has 0 spiro atoms. The fourth-order valence-electron chi connectivity index (χ4n) is 2.16. The topological polar surface area (TPSA) is 71.3 Å². The number of nitriles is 1. The van der Waals surface area contributed by atoms with Gasteiger partial charge < -0.3 is 14.8 Å². The normalized spacial score (nSPS) is 12.9. The average Bonchev–Trinajstić information content (AvgIpc) is 3.07. The van der Waals surface area contributed by atoms with Crippen LogP contribution in [0.4, 0.5) is 5.69 Å². The van der Waals surface area contributed by atoms with Gasteiger partial charge in [0.05, 0.1) is 0 Å². The third-order valence-electron chi connectivity index (χ3n) is 3.34. The second kappa shape index (κ2) is 7.16. The first-order valence-corrected chi connectivity index (χ1v) is 7.31. The van der Waals surface area contributed by atoms with Crippen molar-refractivity contribution in [3.63, 3.8) is 0 Å². The monoisotopic (exact) mass is 318 g/mol. The molecule has 0 unspecified atom stereocenters. The summed E-state index contributed by atoms with van der Waals surface area (Å²) in [5, 5.41) is 11.8. The third kappa shape index (κ3) is 3.62. The summed E-state index contributed by atoms with van der Waals surface area (Å²) in [7, 11) is 0. The maximum absolute atomic E-state index is 12.1. The molecule has 1 heterocycles. The zero-order valence-electron chi connectivity index (χ0n) is 12.7. The van der Waals surface area contributed by atoms with Gasteiger partial charge in [0.2, 0.25) is 6.79 Å². The van der Waals surface area contributed by atoms with E-state index in [1.807, 2.05) is 42.5 Å². The van der Waals surface area contributed by atoms with E-state index in [1.54, 1.807) is 24.3 Å². The first kappa shape index (κ1) is 15.4. The second-order valence-electron chi connectivity index (χ2n) is 4.98. The van der Waals surface area contributed by atoms with E-state index in [0.717, 1.165) is 5.56 Å². The molecule has 2 aromatic carbocycles. The first-order valence-electron chi connectivity index (χ1n) is 7.31. The van der Waals surface area contributed by atoms with Crippen molar-refractivity contribution < 1.29 is 14.3 Å². The standard InChI is InChI=1S/C19H14N2O3/c20-12-15(19(22)21-16-7-2-1-3-8-16)6-4-5-14-9-10-17-18(11-14)24-13-23-17/h1-11H,13H2,(H,21,22)/b5-4+,15-6+. The second-order valence-corrected chi connectivity index (χ2v) is 4.98. The number of nitrogens with one attached hydrogen (secondary N) is 1. The van der Waals surface area contributed by atoms with E-state index in [1.165, 1.54) is 6.08 Å². The highest BCUT2D eigenvalue weighted by atomic mass is 16.7. The molecule has 0 aliphatic carbocycles. The van der Waals surface area contributed by atoms with Gasteiger partial charge in [0.1, 0.15) is 11.6 Å². The Morgan fingerprint density at radius 3 is 2.71 bits per heavy atom. The molecule has 0 radical (unpaired) electrons. The molecule has 3 rings (SSSR count). The highest BCUT2D eigenvalue weighted by Crippen LogP contribution is 2.32. The summed E-state index contributed by atoms with van der Waals surface area (Å²) in [6, 6.07) is 16.4. The van der Waals surface area contributed by atoms with Gasteiger partial charge in [-0.15, -0.1) is 0 Å². The number of nitrogens with zero attached hydrogens (tertiary/aromatic N) is 1. The lowest BCUT2D eigenvalue weighted by atomic mass is 10.1. The van der Waals surface area contributed by atoms with E-state index >= 15 is 0 Å². The van der Waals surface area contributed by atoms with Gasteiger partial charge in [-0.3, -0.25) is 4.79 Å². The molecule has 5 heteroatoms. The Hall–Kier alpha value is -3.52. The Kier molecular flexibility index (Phi) is 4.59. The van der Waals surface area contributed by atoms with Gasteiger partial charge in [0.15, 0.2) is 11.5 Å². The predicted octanol–water partition coefficient (Wildman–Crippen LogP) is 3.52. The number of hydrogen-bond acceptors (Lipinski definition) is 4. The zero-order chi connectivity index (χ0) is 16.8. The minimum Gasteiger partial charge on any atom is -0.454 e. The van der Waals surface area contributed by atoms with E-state index in [4.69, 9.17) is 14.7 Å². The summed E-state index contributed by atoms with van der Waals surface area (Å²) in [5.41, 5.74) is 1.55. The number of rotatable bonds is 4. The van der Waals surface area contributed by atoms with E-state index in [2.05, 4.69) is 5.32 Å². The summed E-state index contributed by atoms with van der Waals surface area (Å²) < 4.78 is 10.6. The molecule has 5 nitrogen and oxygen atoms in total. The molecular weight excluding hydrogens is 304 g/mol. The van der Waals surface area contributed by atoms with Gasteiger partial charge in [0.25, 0.3) is 5.91 Å². The number of benzene rings is 2. The lowest BCUT2D eigenvalue weighted by Crippen LogP contribution is -2.13. The van der Waals surface area contributed by atoms with Crippen LogP contribution in [0.15, 0.2) is 66.3 Å². The fraction of sp³-hybridized carbons (Fsp3) is 0.0526. The molecule has 0 saturated carbocycles. The number of fused-ring (bicyclic) bond motifs is 1. The Balaban J connectivity index is 1.69. The Bertz CT molecular complexity index is 849. The predicted molar refractivity (Wildman–Crippen MR) is 90.4 cm³/mol. The molecule has 1 amide bonds. The summed E-state index contributed by atoms with van der Waals surface area (Å²) >= 11 is 0. The fourth-order valence-corrected chi connectivity index (χ4v) is 2.16. The Morgan fingerprint density at radius 1 is 1.12 bits per heavy atom. The van der Waals surface area contributed by atoms with Crippen molar-refractivity contribution in [3.8, 4) is 17.6 Å². The van der Waals surface area contributed by atoms with Crippen molar-refractivity contribution >= 4 is 17.7 Å². The Labute approximate surface area is 139 Å². The molecule has 0 aromatic heterocycles. The maximum Gasteiger partial charge on any atom is 0.266 e. The van der Waals surface area contributed by atoms with Gasteiger partial charge in [0, 0.05) is 5.69 Å². The van der Waals surface area contributed by atoms with Crippen LogP contribution in [0, 0.1) is 11.3 Å². The summed E-state index contributed by atoms with van der Waals surface area (Å²) in [4.78, 5) is 12.1. The van der Waals surface area contributed by atoms with E-state index in [9.17, 15) is 4.79 Å². The van der Waals surface area contributed by atoms with Crippen molar-refractivity contribution in [2.24, 2.45) is 0 Å². The van der Waals surface area contributed by atoms with Gasteiger partial charge in [-0.25, -0.2) is 0 Å². The number of amides is 1. The van der Waals surface area contributed by atoms with Crippen LogP contribution < -0.4 is 14.8 Å². The molecule has 24 heavy (non-hydrogen) atoms. The van der Waals surface area contributed by atoms with Crippen LogP contribution in [0.1, 0.15) is 5.56 Å². The van der Waals surface area contributed by atoms with Gasteiger partial charge in [-0.2, -0.15) is 5.26 Å². The van der Waals surface area contributed by atoms with Crippen molar-refractivity contribution in [1.82, 2.24) is 0 Å². The lowest BCUT2D eigenvalue weighted by molar-refractivity contribution is -0.112. The molecule has 118 valence electrons. The van der Waals surface area contributed by atoms with Gasteiger partial charge >= 0.3 is 0 Å². The number of carbonyl (C=O) groups excluding carboxylic acids is 1. The van der Waals surface area contributed by atoms with Crippen molar-refractivity contribution in [3.05, 3.63) is 71.8 Å². The molecule has 1 aliphatic rings. The minimum absolute atomic E-state index is 0.0239. The van der Waals surface area contributed by atoms with Crippen LogP contribution in [0.2, 0.25) is 0 Å². The molecule has 0 saturated heterocycles. The number of allylic oxidation sites excluding steroid dienone is 2.